The second-order valence-corrected chi connectivity index (χ2v) is 7.49. The van der Waals surface area contributed by atoms with Crippen LogP contribution in [-0.4, -0.2) is 37.8 Å². The van der Waals surface area contributed by atoms with Gasteiger partial charge in [-0.3, -0.25) is 4.79 Å². The highest BCUT2D eigenvalue weighted by Crippen LogP contribution is 2.29. The van der Waals surface area contributed by atoms with E-state index < -0.39 is 0 Å². The van der Waals surface area contributed by atoms with Crippen LogP contribution >= 0.6 is 0 Å². The largest absolute Gasteiger partial charge is 0.334 e. The van der Waals surface area contributed by atoms with Crippen LogP contribution in [0, 0.1) is 0 Å². The molecule has 8 heteroatoms. The number of rotatable bonds is 4. The van der Waals surface area contributed by atoms with E-state index in [1.54, 1.807) is 16.8 Å². The van der Waals surface area contributed by atoms with Gasteiger partial charge < -0.3 is 14.8 Å². The molecule has 1 aromatic carbocycles. The molecular weight excluding hydrogens is 368 g/mol. The van der Waals surface area contributed by atoms with Crippen molar-refractivity contribution >= 4 is 5.65 Å². The molecule has 29 heavy (non-hydrogen) atoms. The smallest absolute Gasteiger partial charge is 0.263 e. The van der Waals surface area contributed by atoms with Crippen molar-refractivity contribution in [3.8, 4) is 11.5 Å². The lowest BCUT2D eigenvalue weighted by Gasteiger charge is -2.23. The molecule has 0 radical (unpaired) electrons. The predicted molar refractivity (Wildman–Crippen MR) is 108 cm³/mol. The monoisotopic (exact) mass is 390 g/mol. The number of fused-ring (bicyclic) bond motifs is 1. The summed E-state index contributed by atoms with van der Waals surface area (Å²) in [6.45, 7) is 3.92. The van der Waals surface area contributed by atoms with Crippen LogP contribution in [0.25, 0.3) is 17.1 Å². The first kappa shape index (κ1) is 17.8. The molecule has 0 bridgehead atoms. The molecular formula is C21H22N6O2. The molecule has 0 aliphatic carbocycles. The third-order valence-corrected chi connectivity index (χ3v) is 5.65. The van der Waals surface area contributed by atoms with Crippen molar-refractivity contribution in [2.75, 3.05) is 13.1 Å². The number of nitrogens with zero attached hydrogens (tertiary/aromatic N) is 4. The van der Waals surface area contributed by atoms with Crippen LogP contribution < -0.4 is 10.9 Å². The number of benzene rings is 1. The fraction of sp³-hybridized carbons (Fsp3) is 0.333. The molecule has 1 aliphatic heterocycles. The summed E-state index contributed by atoms with van der Waals surface area (Å²) in [6.07, 6.45) is 3.64. The van der Waals surface area contributed by atoms with Crippen LogP contribution in [0.4, 0.5) is 0 Å². The average Bonchev–Trinajstić information content (AvgIpc) is 3.41. The van der Waals surface area contributed by atoms with E-state index in [9.17, 15) is 4.79 Å². The molecule has 1 atom stereocenters. The number of aromatic nitrogens is 5. The van der Waals surface area contributed by atoms with Gasteiger partial charge >= 0.3 is 0 Å². The number of hydrogen-bond donors (Lipinski definition) is 2. The molecule has 0 saturated carbocycles. The van der Waals surface area contributed by atoms with E-state index in [0.29, 0.717) is 28.8 Å². The Hall–Kier alpha value is -3.26. The number of H-pyrrole nitrogens is 1. The Morgan fingerprint density at radius 1 is 1.21 bits per heavy atom. The first-order valence-electron chi connectivity index (χ1n) is 9.91. The summed E-state index contributed by atoms with van der Waals surface area (Å²) >= 11 is 0. The van der Waals surface area contributed by atoms with Crippen LogP contribution in [0.5, 0.6) is 0 Å². The first-order valence-corrected chi connectivity index (χ1v) is 9.91. The quantitative estimate of drug-likeness (QED) is 0.556. The molecule has 0 spiro atoms. The summed E-state index contributed by atoms with van der Waals surface area (Å²) < 4.78 is 7.34. The van der Waals surface area contributed by atoms with Crippen LogP contribution in [0.2, 0.25) is 0 Å². The Bertz CT molecular complexity index is 1190. The molecule has 5 rings (SSSR count). The summed E-state index contributed by atoms with van der Waals surface area (Å²) in [5.41, 5.74) is 3.12. The zero-order valence-corrected chi connectivity index (χ0v) is 16.1. The summed E-state index contributed by atoms with van der Waals surface area (Å²) in [5.74, 6) is 1.25. The Morgan fingerprint density at radius 3 is 2.79 bits per heavy atom. The van der Waals surface area contributed by atoms with Crippen molar-refractivity contribution in [1.29, 1.82) is 0 Å². The topological polar surface area (TPSA) is 101 Å². The third-order valence-electron chi connectivity index (χ3n) is 5.65. The molecule has 148 valence electrons. The van der Waals surface area contributed by atoms with Crippen molar-refractivity contribution in [2.45, 2.75) is 31.6 Å². The van der Waals surface area contributed by atoms with Crippen LogP contribution in [-0.2, 0) is 0 Å². The van der Waals surface area contributed by atoms with Crippen LogP contribution in [0.1, 0.15) is 48.7 Å². The fourth-order valence-electron chi connectivity index (χ4n) is 3.99. The van der Waals surface area contributed by atoms with E-state index in [2.05, 4.69) is 25.5 Å². The number of nitrogens with one attached hydrogen (secondary N) is 2. The second-order valence-electron chi connectivity index (χ2n) is 7.49. The Balaban J connectivity index is 1.54. The van der Waals surface area contributed by atoms with Crippen molar-refractivity contribution in [3.05, 3.63) is 70.0 Å². The van der Waals surface area contributed by atoms with Crippen molar-refractivity contribution in [1.82, 2.24) is 30.1 Å². The molecule has 4 heterocycles. The van der Waals surface area contributed by atoms with E-state index in [4.69, 9.17) is 4.52 Å². The van der Waals surface area contributed by atoms with Crippen molar-refractivity contribution < 1.29 is 4.52 Å². The van der Waals surface area contributed by atoms with Gasteiger partial charge in [-0.2, -0.15) is 10.1 Å². The van der Waals surface area contributed by atoms with E-state index in [1.165, 1.54) is 0 Å². The first-order chi connectivity index (χ1) is 14.2. The maximum Gasteiger partial charge on any atom is 0.263 e. The van der Waals surface area contributed by atoms with Crippen LogP contribution in [0.15, 0.2) is 51.9 Å². The summed E-state index contributed by atoms with van der Waals surface area (Å²) in [4.78, 5) is 19.8. The highest BCUT2D eigenvalue weighted by atomic mass is 16.5. The molecule has 1 unspecified atom stereocenters. The van der Waals surface area contributed by atoms with Gasteiger partial charge in [0.2, 0.25) is 0 Å². The van der Waals surface area contributed by atoms with E-state index in [1.807, 2.05) is 37.3 Å². The second kappa shape index (κ2) is 7.29. The fourth-order valence-corrected chi connectivity index (χ4v) is 3.99. The minimum absolute atomic E-state index is 0.000104. The molecule has 1 fully saturated rings. The maximum absolute atomic E-state index is 12.3. The average molecular weight is 390 g/mol. The standard InChI is InChI=1S/C21H22N6O2/c1-13(14-5-3-2-4-6-14)19-25-21(29-26-19)16-12-23-27-17(11-18(28)24-20(16)27)15-7-9-22-10-8-15/h2-6,11-13,15,22H,7-10H2,1H3,(H,24,28). The molecule has 8 nitrogen and oxygen atoms in total. The SMILES string of the molecule is CC(c1ccccc1)c1noc(-c2cnn3c(C4CCNCC4)cc(=O)[nH]c23)n1. The Labute approximate surface area is 167 Å². The maximum atomic E-state index is 12.3. The van der Waals surface area contributed by atoms with Gasteiger partial charge in [-0.25, -0.2) is 4.52 Å². The molecule has 4 aromatic rings. The van der Waals surface area contributed by atoms with Gasteiger partial charge in [0.15, 0.2) is 5.82 Å². The minimum atomic E-state index is -0.148. The van der Waals surface area contributed by atoms with Gasteiger partial charge in [0.25, 0.3) is 11.4 Å². The predicted octanol–water partition coefficient (Wildman–Crippen LogP) is 2.69. The van der Waals surface area contributed by atoms with Gasteiger partial charge in [-0.15, -0.1) is 0 Å². The zero-order chi connectivity index (χ0) is 19.8. The van der Waals surface area contributed by atoms with Crippen molar-refractivity contribution in [3.63, 3.8) is 0 Å². The lowest BCUT2D eigenvalue weighted by molar-refractivity contribution is 0.420. The highest BCUT2D eigenvalue weighted by Gasteiger charge is 2.23. The van der Waals surface area contributed by atoms with Crippen molar-refractivity contribution in [2.24, 2.45) is 0 Å². The van der Waals surface area contributed by atoms with E-state index >= 15 is 0 Å². The zero-order valence-electron chi connectivity index (χ0n) is 16.1. The highest BCUT2D eigenvalue weighted by molar-refractivity contribution is 5.71. The molecule has 2 N–H and O–H groups in total. The minimum Gasteiger partial charge on any atom is -0.334 e. The Morgan fingerprint density at radius 2 is 2.00 bits per heavy atom. The van der Waals surface area contributed by atoms with Gasteiger partial charge in [0.05, 0.1) is 11.9 Å². The number of piperidine rings is 1. The van der Waals surface area contributed by atoms with Gasteiger partial charge in [0, 0.05) is 17.9 Å². The summed E-state index contributed by atoms with van der Waals surface area (Å²) in [6, 6.07) is 11.7. The number of aromatic amines is 1. The van der Waals surface area contributed by atoms with Crippen LogP contribution in [0.3, 0.4) is 0 Å². The van der Waals surface area contributed by atoms with E-state index in [0.717, 1.165) is 37.2 Å². The van der Waals surface area contributed by atoms with E-state index in [-0.39, 0.29) is 11.5 Å². The van der Waals surface area contributed by atoms with Gasteiger partial charge in [-0.1, -0.05) is 42.4 Å². The molecule has 1 aliphatic rings. The summed E-state index contributed by atoms with van der Waals surface area (Å²) in [5, 5.41) is 12.0. The lowest BCUT2D eigenvalue weighted by Crippen LogP contribution is -2.28. The molecule has 0 amide bonds. The van der Waals surface area contributed by atoms with Gasteiger partial charge in [0.1, 0.15) is 11.2 Å². The van der Waals surface area contributed by atoms with Gasteiger partial charge in [-0.05, 0) is 31.5 Å². The Kier molecular flexibility index (Phi) is 4.48. The third kappa shape index (κ3) is 3.25. The summed E-state index contributed by atoms with van der Waals surface area (Å²) in [7, 11) is 0. The lowest BCUT2D eigenvalue weighted by atomic mass is 9.94. The number of hydrogen-bond acceptors (Lipinski definition) is 6. The molecule has 3 aromatic heterocycles. The normalized spacial score (nSPS) is 16.3. The molecule has 1 saturated heterocycles.